The minimum Gasteiger partial charge on any atom is -0.470 e. The van der Waals surface area contributed by atoms with E-state index in [4.69, 9.17) is 16.3 Å². The minimum absolute atomic E-state index is 0.0478. The van der Waals surface area contributed by atoms with Crippen LogP contribution in [-0.4, -0.2) is 59.9 Å². The van der Waals surface area contributed by atoms with E-state index in [1.54, 1.807) is 12.4 Å². The van der Waals surface area contributed by atoms with Crippen molar-refractivity contribution in [3.63, 3.8) is 0 Å². The van der Waals surface area contributed by atoms with Gasteiger partial charge in [0.1, 0.15) is 6.10 Å². The Hall–Kier alpha value is -1.56. The number of carbonyl (C=O) groups is 1. The van der Waals surface area contributed by atoms with Crippen LogP contribution in [0.1, 0.15) is 19.3 Å². The van der Waals surface area contributed by atoms with Crippen LogP contribution in [0.4, 0.5) is 5.82 Å². The van der Waals surface area contributed by atoms with Gasteiger partial charge >= 0.3 is 0 Å². The summed E-state index contributed by atoms with van der Waals surface area (Å²) in [6.07, 6.45) is 5.42. The van der Waals surface area contributed by atoms with Gasteiger partial charge < -0.3 is 14.5 Å². The number of piperidine rings is 1. The summed E-state index contributed by atoms with van der Waals surface area (Å²) in [6, 6.07) is 0. The fraction of sp³-hybridized carbons (Fsp3) is 0.643. The lowest BCUT2D eigenvalue weighted by Gasteiger charge is -2.33. The number of likely N-dealkylation sites (tertiary alicyclic amines) is 1. The number of alkyl halides is 1. The molecule has 0 aliphatic carbocycles. The van der Waals surface area contributed by atoms with Crippen LogP contribution in [-0.2, 0) is 4.79 Å². The molecule has 1 saturated heterocycles. The third kappa shape index (κ3) is 4.20. The van der Waals surface area contributed by atoms with E-state index < -0.39 is 0 Å². The number of hydrogen-bond acceptors (Lipinski definition) is 5. The number of anilines is 1. The Bertz CT molecular complexity index is 484. The van der Waals surface area contributed by atoms with Gasteiger partial charge in [-0.3, -0.25) is 4.79 Å². The van der Waals surface area contributed by atoms with Crippen molar-refractivity contribution in [3.8, 4) is 5.88 Å². The number of ether oxygens (including phenoxy) is 1. The van der Waals surface area contributed by atoms with Gasteiger partial charge in [-0.1, -0.05) is 0 Å². The van der Waals surface area contributed by atoms with Crippen LogP contribution in [0.25, 0.3) is 0 Å². The Morgan fingerprint density at radius 2 is 2.24 bits per heavy atom. The first kappa shape index (κ1) is 15.8. The van der Waals surface area contributed by atoms with E-state index in [0.717, 1.165) is 19.4 Å². The zero-order chi connectivity index (χ0) is 15.2. The fourth-order valence-electron chi connectivity index (χ4n) is 2.37. The van der Waals surface area contributed by atoms with Gasteiger partial charge in [0.15, 0.2) is 5.82 Å². The molecule has 1 aromatic heterocycles. The molecule has 0 radical (unpaired) electrons. The summed E-state index contributed by atoms with van der Waals surface area (Å²) >= 11 is 5.63. The van der Waals surface area contributed by atoms with Crippen LogP contribution >= 0.6 is 11.6 Å². The van der Waals surface area contributed by atoms with Crippen molar-refractivity contribution in [1.29, 1.82) is 0 Å². The van der Waals surface area contributed by atoms with Crippen molar-refractivity contribution < 1.29 is 9.53 Å². The molecule has 7 heteroatoms. The average molecular weight is 313 g/mol. The monoisotopic (exact) mass is 312 g/mol. The third-order valence-corrected chi connectivity index (χ3v) is 3.58. The largest absolute Gasteiger partial charge is 0.470 e. The molecule has 6 nitrogen and oxygen atoms in total. The van der Waals surface area contributed by atoms with Crippen molar-refractivity contribution in [1.82, 2.24) is 14.9 Å². The number of hydrogen-bond donors (Lipinski definition) is 0. The molecule has 116 valence electrons. The summed E-state index contributed by atoms with van der Waals surface area (Å²) in [5.74, 6) is 1.65. The fourth-order valence-corrected chi connectivity index (χ4v) is 2.53. The molecule has 1 aromatic rings. The second kappa shape index (κ2) is 7.45. The van der Waals surface area contributed by atoms with E-state index in [9.17, 15) is 4.79 Å². The van der Waals surface area contributed by atoms with Crippen molar-refractivity contribution in [3.05, 3.63) is 12.4 Å². The predicted octanol–water partition coefficient (Wildman–Crippen LogP) is 1.54. The highest BCUT2D eigenvalue weighted by Gasteiger charge is 2.25. The first-order valence-electron chi connectivity index (χ1n) is 7.10. The second-order valence-corrected chi connectivity index (χ2v) is 5.62. The van der Waals surface area contributed by atoms with Crippen molar-refractivity contribution in [2.24, 2.45) is 0 Å². The maximum absolute atomic E-state index is 11.9. The van der Waals surface area contributed by atoms with E-state index >= 15 is 0 Å². The first-order chi connectivity index (χ1) is 10.1. The van der Waals surface area contributed by atoms with E-state index in [0.29, 0.717) is 30.5 Å². The summed E-state index contributed by atoms with van der Waals surface area (Å²) in [6.45, 7) is 1.36. The van der Waals surface area contributed by atoms with Crippen LogP contribution in [0.3, 0.4) is 0 Å². The highest BCUT2D eigenvalue weighted by molar-refractivity contribution is 6.18. The number of halogens is 1. The molecule has 0 spiro atoms. The van der Waals surface area contributed by atoms with Gasteiger partial charge in [0.05, 0.1) is 6.54 Å². The van der Waals surface area contributed by atoms with Gasteiger partial charge in [-0.2, -0.15) is 0 Å². The van der Waals surface area contributed by atoms with Crippen LogP contribution in [0.5, 0.6) is 5.88 Å². The van der Waals surface area contributed by atoms with Gasteiger partial charge in [-0.05, 0) is 12.8 Å². The predicted molar refractivity (Wildman–Crippen MR) is 81.9 cm³/mol. The summed E-state index contributed by atoms with van der Waals surface area (Å²) in [5.41, 5.74) is 0. The number of rotatable bonds is 5. The summed E-state index contributed by atoms with van der Waals surface area (Å²) in [5, 5.41) is 0. The number of carbonyl (C=O) groups excluding carboxylic acids is 1. The van der Waals surface area contributed by atoms with Gasteiger partial charge in [0.25, 0.3) is 5.88 Å². The van der Waals surface area contributed by atoms with Crippen molar-refractivity contribution in [2.45, 2.75) is 25.4 Å². The Labute approximate surface area is 130 Å². The second-order valence-electron chi connectivity index (χ2n) is 5.24. The highest BCUT2D eigenvalue weighted by Crippen LogP contribution is 2.24. The van der Waals surface area contributed by atoms with Gasteiger partial charge in [-0.25, -0.2) is 9.97 Å². The normalized spacial score (nSPS) is 18.4. The molecule has 0 bridgehead atoms. The average Bonchev–Trinajstić information content (AvgIpc) is 2.48. The molecule has 1 unspecified atom stereocenters. The molecule has 1 amide bonds. The molecule has 1 fully saturated rings. The zero-order valence-corrected chi connectivity index (χ0v) is 13.2. The topological polar surface area (TPSA) is 58.6 Å². The summed E-state index contributed by atoms with van der Waals surface area (Å²) < 4.78 is 5.96. The standard InChI is InChI=1S/C14H21ClN4O2/c1-18(2)13-14(17-8-7-16-13)21-11-4-3-9-19(10-11)12(20)5-6-15/h7-8,11H,3-6,9-10H2,1-2H3. The molecule has 1 aliphatic heterocycles. The number of nitrogens with zero attached hydrogens (tertiary/aromatic N) is 4. The smallest absolute Gasteiger partial charge is 0.257 e. The molecule has 0 saturated carbocycles. The molecule has 2 rings (SSSR count). The van der Waals surface area contributed by atoms with E-state index in [-0.39, 0.29) is 12.0 Å². The number of aromatic nitrogens is 2. The van der Waals surface area contributed by atoms with Crippen LogP contribution in [0.2, 0.25) is 0 Å². The highest BCUT2D eigenvalue weighted by atomic mass is 35.5. The van der Waals surface area contributed by atoms with Gasteiger partial charge in [0.2, 0.25) is 5.91 Å². The first-order valence-corrected chi connectivity index (χ1v) is 7.64. The molecule has 1 atom stereocenters. The van der Waals surface area contributed by atoms with Gasteiger partial charge in [-0.15, -0.1) is 11.6 Å². The quantitative estimate of drug-likeness (QED) is 0.772. The molecular weight excluding hydrogens is 292 g/mol. The maximum atomic E-state index is 11.9. The lowest BCUT2D eigenvalue weighted by Crippen LogP contribution is -2.44. The van der Waals surface area contributed by atoms with Crippen molar-refractivity contribution in [2.75, 3.05) is 38.0 Å². The molecule has 21 heavy (non-hydrogen) atoms. The molecule has 2 heterocycles. The summed E-state index contributed by atoms with van der Waals surface area (Å²) in [7, 11) is 3.79. The Morgan fingerprint density at radius 1 is 1.48 bits per heavy atom. The van der Waals surface area contributed by atoms with Crippen LogP contribution < -0.4 is 9.64 Å². The minimum atomic E-state index is -0.0478. The lowest BCUT2D eigenvalue weighted by molar-refractivity contribution is -0.133. The Balaban J connectivity index is 2.01. The lowest BCUT2D eigenvalue weighted by atomic mass is 10.1. The SMILES string of the molecule is CN(C)c1nccnc1OC1CCCN(C(=O)CCCl)C1. The van der Waals surface area contributed by atoms with E-state index in [1.807, 2.05) is 23.9 Å². The van der Waals surface area contributed by atoms with Gasteiger partial charge in [0, 0.05) is 45.3 Å². The third-order valence-electron chi connectivity index (χ3n) is 3.39. The van der Waals surface area contributed by atoms with Crippen molar-refractivity contribution >= 4 is 23.3 Å². The van der Waals surface area contributed by atoms with Crippen LogP contribution in [0.15, 0.2) is 12.4 Å². The molecule has 0 N–H and O–H groups in total. The Morgan fingerprint density at radius 3 is 2.95 bits per heavy atom. The zero-order valence-electron chi connectivity index (χ0n) is 12.5. The van der Waals surface area contributed by atoms with Crippen LogP contribution in [0, 0.1) is 0 Å². The maximum Gasteiger partial charge on any atom is 0.257 e. The number of amides is 1. The van der Waals surface area contributed by atoms with E-state index in [2.05, 4.69) is 9.97 Å². The molecular formula is C14H21ClN4O2. The Kier molecular flexibility index (Phi) is 5.61. The van der Waals surface area contributed by atoms with E-state index in [1.165, 1.54) is 0 Å². The molecule has 1 aliphatic rings. The molecule has 0 aromatic carbocycles. The summed E-state index contributed by atoms with van der Waals surface area (Å²) in [4.78, 5) is 24.1.